The van der Waals surface area contributed by atoms with Gasteiger partial charge in [-0.1, -0.05) is 0 Å². The summed E-state index contributed by atoms with van der Waals surface area (Å²) in [6.07, 6.45) is -1.11. The Morgan fingerprint density at radius 3 is 2.56 bits per heavy atom. The number of nitrogens with zero attached hydrogens (tertiary/aromatic N) is 2. The maximum atomic E-state index is 12.9. The highest BCUT2D eigenvalue weighted by Gasteiger charge is 2.46. The molecule has 2 aliphatic rings. The van der Waals surface area contributed by atoms with E-state index in [1.54, 1.807) is 0 Å². The van der Waals surface area contributed by atoms with Gasteiger partial charge in [0.05, 0.1) is 11.5 Å². The predicted octanol–water partition coefficient (Wildman–Crippen LogP) is 2.76. The van der Waals surface area contributed by atoms with Gasteiger partial charge in [0.1, 0.15) is 10.7 Å². The molecule has 2 fully saturated rings. The normalized spacial score (nSPS) is 27.6. The summed E-state index contributed by atoms with van der Waals surface area (Å²) in [6.45, 7) is 0.927. The van der Waals surface area contributed by atoms with Crippen molar-refractivity contribution in [2.75, 3.05) is 25.0 Å². The number of sulfonamides is 1. The van der Waals surface area contributed by atoms with Gasteiger partial charge < -0.3 is 10.4 Å². The lowest BCUT2D eigenvalue weighted by atomic mass is 9.77. The highest BCUT2D eigenvalue weighted by Crippen LogP contribution is 2.41. The number of pyridine rings is 1. The van der Waals surface area contributed by atoms with Gasteiger partial charge in [0.25, 0.3) is 0 Å². The van der Waals surface area contributed by atoms with E-state index < -0.39 is 27.7 Å². The molecule has 1 aliphatic carbocycles. The van der Waals surface area contributed by atoms with Crippen LogP contribution in [-0.4, -0.2) is 54.2 Å². The van der Waals surface area contributed by atoms with Gasteiger partial charge >= 0.3 is 6.18 Å². The monoisotopic (exact) mass is 407 g/mol. The number of aromatic nitrogens is 1. The molecule has 1 aromatic rings. The molecule has 1 aromatic heterocycles. The summed E-state index contributed by atoms with van der Waals surface area (Å²) < 4.78 is 65.1. The lowest BCUT2D eigenvalue weighted by Gasteiger charge is -2.37. The second kappa shape index (κ2) is 7.56. The van der Waals surface area contributed by atoms with Crippen molar-refractivity contribution < 1.29 is 26.7 Å². The maximum Gasteiger partial charge on any atom is 0.391 e. The van der Waals surface area contributed by atoms with Crippen LogP contribution < -0.4 is 5.32 Å². The number of aliphatic hydroxyl groups is 1. The average molecular weight is 407 g/mol. The van der Waals surface area contributed by atoms with Crippen molar-refractivity contribution in [2.45, 2.75) is 55.2 Å². The summed E-state index contributed by atoms with van der Waals surface area (Å²) >= 11 is 0. The summed E-state index contributed by atoms with van der Waals surface area (Å²) in [5.74, 6) is -1.18. The molecule has 0 amide bonds. The fourth-order valence-electron chi connectivity index (χ4n) is 3.75. The molecule has 1 saturated carbocycles. The largest absolute Gasteiger partial charge is 0.391 e. The number of hydrogen-bond donors (Lipinski definition) is 2. The van der Waals surface area contributed by atoms with Gasteiger partial charge in [-0.25, -0.2) is 13.4 Å². The van der Waals surface area contributed by atoms with Gasteiger partial charge in [-0.2, -0.15) is 17.5 Å². The van der Waals surface area contributed by atoms with Crippen molar-refractivity contribution in [3.05, 3.63) is 18.3 Å². The quantitative estimate of drug-likeness (QED) is 0.784. The van der Waals surface area contributed by atoms with Crippen molar-refractivity contribution in [1.29, 1.82) is 0 Å². The molecule has 0 radical (unpaired) electrons. The standard InChI is InChI=1S/C17H24F3N3O3S/c18-17(19,20)13-4-3-7-16(24,10-13)12-22-15-6-5-14(11-21-15)27(25,26)23-8-1-2-9-23/h5-6,11,13,24H,1-4,7-10,12H2,(H,21,22). The van der Waals surface area contributed by atoms with Crippen LogP contribution in [0.3, 0.4) is 0 Å². The molecule has 2 N–H and O–H groups in total. The Labute approximate surface area is 156 Å². The zero-order chi connectivity index (χ0) is 19.7. The first-order chi connectivity index (χ1) is 12.6. The van der Waals surface area contributed by atoms with Gasteiger partial charge in [0.2, 0.25) is 10.0 Å². The molecule has 1 aliphatic heterocycles. The molecular formula is C17H24F3N3O3S. The van der Waals surface area contributed by atoms with E-state index >= 15 is 0 Å². The topological polar surface area (TPSA) is 82.5 Å². The fraction of sp³-hybridized carbons (Fsp3) is 0.706. The van der Waals surface area contributed by atoms with E-state index in [0.29, 0.717) is 25.3 Å². The van der Waals surface area contributed by atoms with E-state index in [4.69, 9.17) is 0 Å². The molecule has 1 saturated heterocycles. The minimum atomic E-state index is -4.31. The van der Waals surface area contributed by atoms with E-state index in [0.717, 1.165) is 12.8 Å². The van der Waals surface area contributed by atoms with Gasteiger partial charge in [-0.15, -0.1) is 0 Å². The van der Waals surface area contributed by atoms with Crippen LogP contribution in [0, 0.1) is 5.92 Å². The second-order valence-electron chi connectivity index (χ2n) is 7.40. The molecule has 2 heterocycles. The first-order valence-electron chi connectivity index (χ1n) is 9.09. The van der Waals surface area contributed by atoms with Gasteiger partial charge in [0.15, 0.2) is 0 Å². The Hall–Kier alpha value is -1.39. The van der Waals surface area contributed by atoms with Crippen molar-refractivity contribution in [1.82, 2.24) is 9.29 Å². The lowest BCUT2D eigenvalue weighted by molar-refractivity contribution is -0.199. The zero-order valence-corrected chi connectivity index (χ0v) is 15.7. The Morgan fingerprint density at radius 1 is 1.26 bits per heavy atom. The van der Waals surface area contributed by atoms with Crippen LogP contribution in [0.2, 0.25) is 0 Å². The van der Waals surface area contributed by atoms with Gasteiger partial charge in [-0.05, 0) is 50.7 Å². The van der Waals surface area contributed by atoms with Crippen molar-refractivity contribution in [3.63, 3.8) is 0 Å². The van der Waals surface area contributed by atoms with Crippen LogP contribution in [0.1, 0.15) is 38.5 Å². The van der Waals surface area contributed by atoms with E-state index in [-0.39, 0.29) is 30.7 Å². The van der Waals surface area contributed by atoms with Crippen LogP contribution in [0.25, 0.3) is 0 Å². The number of nitrogens with one attached hydrogen (secondary N) is 1. The van der Waals surface area contributed by atoms with E-state index in [1.165, 1.54) is 22.6 Å². The Morgan fingerprint density at radius 2 is 1.96 bits per heavy atom. The average Bonchev–Trinajstić information content (AvgIpc) is 3.15. The molecule has 152 valence electrons. The number of anilines is 1. The summed E-state index contributed by atoms with van der Waals surface area (Å²) in [5, 5.41) is 13.3. The Bertz CT molecular complexity index is 749. The highest BCUT2D eigenvalue weighted by molar-refractivity contribution is 7.89. The highest BCUT2D eigenvalue weighted by atomic mass is 32.2. The Balaban J connectivity index is 1.61. The zero-order valence-electron chi connectivity index (χ0n) is 14.9. The van der Waals surface area contributed by atoms with Gasteiger partial charge in [0, 0.05) is 25.8 Å². The summed E-state index contributed by atoms with van der Waals surface area (Å²) in [6, 6.07) is 2.89. The third-order valence-corrected chi connectivity index (χ3v) is 7.20. The first kappa shape index (κ1) is 20.3. The summed E-state index contributed by atoms with van der Waals surface area (Å²) in [4.78, 5) is 4.14. The Kier molecular flexibility index (Phi) is 5.69. The maximum absolute atomic E-state index is 12.9. The molecular weight excluding hydrogens is 383 g/mol. The third-order valence-electron chi connectivity index (χ3n) is 5.32. The minimum Gasteiger partial charge on any atom is -0.388 e. The van der Waals surface area contributed by atoms with Gasteiger partial charge in [-0.3, -0.25) is 0 Å². The van der Waals surface area contributed by atoms with E-state index in [9.17, 15) is 26.7 Å². The van der Waals surface area contributed by atoms with Crippen LogP contribution in [0.15, 0.2) is 23.2 Å². The number of halogens is 3. The van der Waals surface area contributed by atoms with E-state index in [1.807, 2.05) is 0 Å². The third kappa shape index (κ3) is 4.72. The second-order valence-corrected chi connectivity index (χ2v) is 9.34. The van der Waals surface area contributed by atoms with Crippen LogP contribution in [0.4, 0.5) is 19.0 Å². The van der Waals surface area contributed by atoms with E-state index in [2.05, 4.69) is 10.3 Å². The van der Waals surface area contributed by atoms with Crippen molar-refractivity contribution in [2.24, 2.45) is 5.92 Å². The molecule has 2 atom stereocenters. The lowest BCUT2D eigenvalue weighted by Crippen LogP contribution is -2.45. The number of hydrogen-bond acceptors (Lipinski definition) is 5. The van der Waals surface area contributed by atoms with Crippen LogP contribution in [0.5, 0.6) is 0 Å². The molecule has 0 spiro atoms. The van der Waals surface area contributed by atoms with Crippen molar-refractivity contribution >= 4 is 15.8 Å². The van der Waals surface area contributed by atoms with Crippen molar-refractivity contribution in [3.8, 4) is 0 Å². The molecule has 6 nitrogen and oxygen atoms in total. The SMILES string of the molecule is O=S(=O)(c1ccc(NCC2(O)CCCC(C(F)(F)F)C2)nc1)N1CCCC1. The first-order valence-corrected chi connectivity index (χ1v) is 10.5. The minimum absolute atomic E-state index is 0.0348. The number of rotatable bonds is 5. The molecule has 0 bridgehead atoms. The summed E-state index contributed by atoms with van der Waals surface area (Å²) in [5.41, 5.74) is -1.46. The molecule has 0 aromatic carbocycles. The summed E-state index contributed by atoms with van der Waals surface area (Å²) in [7, 11) is -3.56. The molecule has 2 unspecified atom stereocenters. The van der Waals surface area contributed by atoms with Crippen LogP contribution >= 0.6 is 0 Å². The number of alkyl halides is 3. The molecule has 3 rings (SSSR count). The molecule has 27 heavy (non-hydrogen) atoms. The predicted molar refractivity (Wildman–Crippen MR) is 93.7 cm³/mol. The molecule has 10 heteroatoms. The fourth-order valence-corrected chi connectivity index (χ4v) is 5.21. The van der Waals surface area contributed by atoms with Crippen LogP contribution in [-0.2, 0) is 10.0 Å². The smallest absolute Gasteiger partial charge is 0.388 e.